The third kappa shape index (κ3) is 4.16. The normalized spacial score (nSPS) is 13.1. The van der Waals surface area contributed by atoms with Gasteiger partial charge in [-0.05, 0) is 24.1 Å². The molecule has 104 valence electrons. The molecular weight excluding hydrogens is 242 g/mol. The monoisotopic (exact) mass is 263 g/mol. The molecule has 1 aromatic rings. The van der Waals surface area contributed by atoms with Crippen molar-refractivity contribution >= 4 is 5.91 Å². The molecule has 0 aliphatic carbocycles. The molecule has 1 N–H and O–H groups in total. The predicted molar refractivity (Wildman–Crippen MR) is 73.4 cm³/mol. The van der Waals surface area contributed by atoms with Crippen LogP contribution in [0.4, 0.5) is 0 Å². The number of hydrogen-bond acceptors (Lipinski definition) is 3. The van der Waals surface area contributed by atoms with E-state index in [2.05, 4.69) is 12.2 Å². The Bertz CT molecular complexity index is 431. The SMILES string of the molecule is CCCCCC(=O)NCc1ccc2c(c1)OCCO2. The Morgan fingerprint density at radius 3 is 2.79 bits per heavy atom. The van der Waals surface area contributed by atoms with Crippen LogP contribution < -0.4 is 14.8 Å². The lowest BCUT2D eigenvalue weighted by Gasteiger charge is -2.19. The second kappa shape index (κ2) is 7.02. The van der Waals surface area contributed by atoms with Gasteiger partial charge in [0.1, 0.15) is 13.2 Å². The van der Waals surface area contributed by atoms with E-state index in [1.54, 1.807) is 0 Å². The Labute approximate surface area is 114 Å². The van der Waals surface area contributed by atoms with Crippen LogP contribution in [0.25, 0.3) is 0 Å². The van der Waals surface area contributed by atoms with Gasteiger partial charge in [0.15, 0.2) is 11.5 Å². The number of fused-ring (bicyclic) bond motifs is 1. The maximum atomic E-state index is 11.6. The Hall–Kier alpha value is -1.71. The molecule has 19 heavy (non-hydrogen) atoms. The molecule has 0 saturated heterocycles. The van der Waals surface area contributed by atoms with E-state index in [1.165, 1.54) is 0 Å². The fourth-order valence-corrected chi connectivity index (χ4v) is 2.02. The second-order valence-electron chi connectivity index (χ2n) is 4.71. The first kappa shape index (κ1) is 13.7. The summed E-state index contributed by atoms with van der Waals surface area (Å²) in [4.78, 5) is 11.6. The van der Waals surface area contributed by atoms with Crippen LogP contribution in [0, 0.1) is 0 Å². The zero-order valence-electron chi connectivity index (χ0n) is 11.4. The number of unbranched alkanes of at least 4 members (excludes halogenated alkanes) is 2. The van der Waals surface area contributed by atoms with E-state index < -0.39 is 0 Å². The van der Waals surface area contributed by atoms with Crippen LogP contribution in [-0.4, -0.2) is 19.1 Å². The minimum Gasteiger partial charge on any atom is -0.486 e. The maximum Gasteiger partial charge on any atom is 0.220 e. The number of carbonyl (C=O) groups excluding carboxylic acids is 1. The third-order valence-electron chi connectivity index (χ3n) is 3.10. The van der Waals surface area contributed by atoms with E-state index in [4.69, 9.17) is 9.47 Å². The van der Waals surface area contributed by atoms with E-state index in [9.17, 15) is 4.79 Å². The van der Waals surface area contributed by atoms with E-state index in [1.807, 2.05) is 18.2 Å². The van der Waals surface area contributed by atoms with Gasteiger partial charge in [-0.3, -0.25) is 4.79 Å². The quantitative estimate of drug-likeness (QED) is 0.803. The number of nitrogens with one attached hydrogen (secondary N) is 1. The van der Waals surface area contributed by atoms with Crippen LogP contribution in [0.3, 0.4) is 0 Å². The highest BCUT2D eigenvalue weighted by molar-refractivity contribution is 5.75. The van der Waals surface area contributed by atoms with Gasteiger partial charge < -0.3 is 14.8 Å². The summed E-state index contributed by atoms with van der Waals surface area (Å²) in [6, 6.07) is 5.79. The predicted octanol–water partition coefficient (Wildman–Crippen LogP) is 2.65. The Morgan fingerprint density at radius 2 is 2.00 bits per heavy atom. The lowest BCUT2D eigenvalue weighted by Crippen LogP contribution is -2.22. The molecule has 0 fully saturated rings. The topological polar surface area (TPSA) is 47.6 Å². The summed E-state index contributed by atoms with van der Waals surface area (Å²) in [5.41, 5.74) is 1.04. The van der Waals surface area contributed by atoms with Crippen LogP contribution in [-0.2, 0) is 11.3 Å². The van der Waals surface area contributed by atoms with Crippen molar-refractivity contribution in [1.82, 2.24) is 5.32 Å². The molecule has 0 saturated carbocycles. The first-order valence-corrected chi connectivity index (χ1v) is 6.95. The number of benzene rings is 1. The molecule has 0 bridgehead atoms. The molecule has 2 rings (SSSR count). The number of rotatable bonds is 6. The smallest absolute Gasteiger partial charge is 0.220 e. The Morgan fingerprint density at radius 1 is 1.21 bits per heavy atom. The van der Waals surface area contributed by atoms with Crippen molar-refractivity contribution < 1.29 is 14.3 Å². The Balaban J connectivity index is 1.81. The summed E-state index contributed by atoms with van der Waals surface area (Å²) in [7, 11) is 0. The molecule has 1 heterocycles. The number of ether oxygens (including phenoxy) is 2. The average Bonchev–Trinajstić information content (AvgIpc) is 2.45. The summed E-state index contributed by atoms with van der Waals surface area (Å²) in [5.74, 6) is 1.66. The van der Waals surface area contributed by atoms with Gasteiger partial charge >= 0.3 is 0 Å². The van der Waals surface area contributed by atoms with Crippen molar-refractivity contribution in [1.29, 1.82) is 0 Å². The van der Waals surface area contributed by atoms with Crippen LogP contribution in [0.2, 0.25) is 0 Å². The second-order valence-corrected chi connectivity index (χ2v) is 4.71. The van der Waals surface area contributed by atoms with Gasteiger partial charge in [0.2, 0.25) is 5.91 Å². The van der Waals surface area contributed by atoms with Gasteiger partial charge in [-0.25, -0.2) is 0 Å². The van der Waals surface area contributed by atoms with Crippen molar-refractivity contribution in [2.75, 3.05) is 13.2 Å². The zero-order valence-corrected chi connectivity index (χ0v) is 11.4. The molecule has 0 unspecified atom stereocenters. The van der Waals surface area contributed by atoms with Gasteiger partial charge in [0.05, 0.1) is 0 Å². The first-order valence-electron chi connectivity index (χ1n) is 6.95. The van der Waals surface area contributed by atoms with E-state index in [0.29, 0.717) is 26.2 Å². The van der Waals surface area contributed by atoms with Crippen molar-refractivity contribution in [2.45, 2.75) is 39.2 Å². The highest BCUT2D eigenvalue weighted by Gasteiger charge is 2.11. The summed E-state index contributed by atoms with van der Waals surface area (Å²) < 4.78 is 11.0. The molecule has 1 aromatic carbocycles. The first-order chi connectivity index (χ1) is 9.29. The van der Waals surface area contributed by atoms with E-state index >= 15 is 0 Å². The van der Waals surface area contributed by atoms with Gasteiger partial charge in [-0.15, -0.1) is 0 Å². The number of hydrogen-bond donors (Lipinski definition) is 1. The average molecular weight is 263 g/mol. The minimum absolute atomic E-state index is 0.114. The molecular formula is C15H21NO3. The minimum atomic E-state index is 0.114. The van der Waals surface area contributed by atoms with Crippen LogP contribution in [0.1, 0.15) is 38.2 Å². The maximum absolute atomic E-state index is 11.6. The molecule has 1 amide bonds. The van der Waals surface area contributed by atoms with E-state index in [-0.39, 0.29) is 5.91 Å². The van der Waals surface area contributed by atoms with Crippen LogP contribution >= 0.6 is 0 Å². The third-order valence-corrected chi connectivity index (χ3v) is 3.10. The largest absolute Gasteiger partial charge is 0.486 e. The molecule has 0 spiro atoms. The molecule has 0 radical (unpaired) electrons. The van der Waals surface area contributed by atoms with Gasteiger partial charge in [-0.1, -0.05) is 25.8 Å². The van der Waals surface area contributed by atoms with Gasteiger partial charge in [0, 0.05) is 13.0 Å². The van der Waals surface area contributed by atoms with Gasteiger partial charge in [-0.2, -0.15) is 0 Å². The lowest BCUT2D eigenvalue weighted by atomic mass is 10.1. The van der Waals surface area contributed by atoms with Crippen molar-refractivity contribution in [3.05, 3.63) is 23.8 Å². The van der Waals surface area contributed by atoms with Crippen molar-refractivity contribution in [3.63, 3.8) is 0 Å². The van der Waals surface area contributed by atoms with Crippen molar-refractivity contribution in [3.8, 4) is 11.5 Å². The molecule has 4 heteroatoms. The van der Waals surface area contributed by atoms with Crippen molar-refractivity contribution in [2.24, 2.45) is 0 Å². The van der Waals surface area contributed by atoms with E-state index in [0.717, 1.165) is 36.3 Å². The highest BCUT2D eigenvalue weighted by atomic mass is 16.6. The summed E-state index contributed by atoms with van der Waals surface area (Å²) in [6.07, 6.45) is 3.81. The molecule has 1 aliphatic heterocycles. The Kier molecular flexibility index (Phi) is 5.07. The zero-order chi connectivity index (χ0) is 13.5. The number of amides is 1. The standard InChI is InChI=1S/C15H21NO3/c1-2-3-4-5-15(17)16-11-12-6-7-13-14(10-12)19-9-8-18-13/h6-7,10H,2-5,8-9,11H2,1H3,(H,16,17). The summed E-state index contributed by atoms with van der Waals surface area (Å²) in [6.45, 7) is 3.86. The molecule has 1 aliphatic rings. The molecule has 0 atom stereocenters. The van der Waals surface area contributed by atoms with Crippen LogP contribution in [0.15, 0.2) is 18.2 Å². The summed E-state index contributed by atoms with van der Waals surface area (Å²) in [5, 5.41) is 2.93. The van der Waals surface area contributed by atoms with Crippen LogP contribution in [0.5, 0.6) is 11.5 Å². The van der Waals surface area contributed by atoms with Gasteiger partial charge in [0.25, 0.3) is 0 Å². The molecule has 4 nitrogen and oxygen atoms in total. The fourth-order valence-electron chi connectivity index (χ4n) is 2.02. The highest BCUT2D eigenvalue weighted by Crippen LogP contribution is 2.30. The fraction of sp³-hybridized carbons (Fsp3) is 0.533. The number of carbonyl (C=O) groups is 1. The summed E-state index contributed by atoms with van der Waals surface area (Å²) >= 11 is 0. The molecule has 0 aromatic heterocycles. The lowest BCUT2D eigenvalue weighted by molar-refractivity contribution is -0.121.